The molecule has 2 aromatic rings. The van der Waals surface area contributed by atoms with Crippen LogP contribution < -0.4 is 5.73 Å². The maximum atomic E-state index is 13.8. The standard InChI is InChI=1S/C11H11FN4S/c1-6-3-4-7(8(12)5-6)9-14-10(13)16-11(15-9)17-2/h3-5H,1-2H3,(H2,13,14,15,16). The number of nitrogen functional groups attached to an aromatic ring is 1. The normalized spacial score (nSPS) is 10.5. The third-order valence-electron chi connectivity index (χ3n) is 2.18. The molecule has 88 valence electrons. The fourth-order valence-corrected chi connectivity index (χ4v) is 1.75. The highest BCUT2D eigenvalue weighted by molar-refractivity contribution is 7.98. The van der Waals surface area contributed by atoms with Gasteiger partial charge in [0, 0.05) is 0 Å². The summed E-state index contributed by atoms with van der Waals surface area (Å²) in [5.41, 5.74) is 6.73. The van der Waals surface area contributed by atoms with Gasteiger partial charge >= 0.3 is 0 Å². The fourth-order valence-electron chi connectivity index (χ4n) is 1.39. The van der Waals surface area contributed by atoms with Crippen LogP contribution in [-0.2, 0) is 0 Å². The molecule has 0 aliphatic rings. The second-order valence-corrected chi connectivity index (χ2v) is 4.26. The number of hydrogen-bond acceptors (Lipinski definition) is 5. The Morgan fingerprint density at radius 3 is 2.65 bits per heavy atom. The predicted molar refractivity (Wildman–Crippen MR) is 66.2 cm³/mol. The van der Waals surface area contributed by atoms with Gasteiger partial charge in [-0.15, -0.1) is 0 Å². The molecule has 0 saturated heterocycles. The van der Waals surface area contributed by atoms with Crippen LogP contribution >= 0.6 is 11.8 Å². The van der Waals surface area contributed by atoms with Gasteiger partial charge in [-0.2, -0.15) is 9.97 Å². The minimum Gasteiger partial charge on any atom is -0.368 e. The van der Waals surface area contributed by atoms with E-state index in [0.717, 1.165) is 5.56 Å². The Balaban J connectivity index is 2.55. The van der Waals surface area contributed by atoms with E-state index < -0.39 is 0 Å². The SMILES string of the molecule is CSc1nc(N)nc(-c2ccc(C)cc2F)n1. The summed E-state index contributed by atoms with van der Waals surface area (Å²) in [6, 6.07) is 4.88. The first-order valence-corrected chi connectivity index (χ1v) is 6.14. The highest BCUT2D eigenvalue weighted by atomic mass is 32.2. The van der Waals surface area contributed by atoms with Gasteiger partial charge in [-0.3, -0.25) is 0 Å². The summed E-state index contributed by atoms with van der Waals surface area (Å²) in [7, 11) is 0. The minimum absolute atomic E-state index is 0.0966. The lowest BCUT2D eigenvalue weighted by atomic mass is 10.1. The Bertz CT molecular complexity index is 559. The number of thioether (sulfide) groups is 1. The number of nitrogens with two attached hydrogens (primary N) is 1. The lowest BCUT2D eigenvalue weighted by Crippen LogP contribution is -2.02. The van der Waals surface area contributed by atoms with Crippen LogP contribution in [0.4, 0.5) is 10.3 Å². The summed E-state index contributed by atoms with van der Waals surface area (Å²) in [4.78, 5) is 12.0. The number of aryl methyl sites for hydroxylation is 1. The molecule has 0 aliphatic heterocycles. The highest BCUT2D eigenvalue weighted by Gasteiger charge is 2.10. The zero-order chi connectivity index (χ0) is 12.4. The van der Waals surface area contributed by atoms with Crippen LogP contribution in [0.15, 0.2) is 23.4 Å². The van der Waals surface area contributed by atoms with Crippen LogP contribution in [0.25, 0.3) is 11.4 Å². The number of benzene rings is 1. The number of hydrogen-bond donors (Lipinski definition) is 1. The summed E-state index contributed by atoms with van der Waals surface area (Å²) >= 11 is 1.34. The first-order chi connectivity index (χ1) is 8.10. The molecule has 0 spiro atoms. The van der Waals surface area contributed by atoms with E-state index in [1.54, 1.807) is 12.1 Å². The van der Waals surface area contributed by atoms with Crippen molar-refractivity contribution in [1.82, 2.24) is 15.0 Å². The molecule has 0 bridgehead atoms. The van der Waals surface area contributed by atoms with Crippen molar-refractivity contribution < 1.29 is 4.39 Å². The number of rotatable bonds is 2. The summed E-state index contributed by atoms with van der Waals surface area (Å²) in [5, 5.41) is 0.479. The van der Waals surface area contributed by atoms with Crippen molar-refractivity contribution in [2.75, 3.05) is 12.0 Å². The predicted octanol–water partition coefficient (Wildman–Crippen LogP) is 2.29. The summed E-state index contributed by atoms with van der Waals surface area (Å²) in [5.74, 6) is 0.00123. The summed E-state index contributed by atoms with van der Waals surface area (Å²) < 4.78 is 13.8. The molecular weight excluding hydrogens is 239 g/mol. The second kappa shape index (κ2) is 4.67. The van der Waals surface area contributed by atoms with E-state index in [4.69, 9.17) is 5.73 Å². The molecule has 0 atom stereocenters. The van der Waals surface area contributed by atoms with E-state index in [-0.39, 0.29) is 17.6 Å². The minimum atomic E-state index is -0.359. The molecule has 0 amide bonds. The van der Waals surface area contributed by atoms with Crippen LogP contribution in [-0.4, -0.2) is 21.2 Å². The monoisotopic (exact) mass is 250 g/mol. The molecule has 2 N–H and O–H groups in total. The molecule has 1 aromatic heterocycles. The van der Waals surface area contributed by atoms with Gasteiger partial charge in [0.1, 0.15) is 5.82 Å². The van der Waals surface area contributed by atoms with Crippen LogP contribution in [0.1, 0.15) is 5.56 Å². The Labute approximate surface area is 103 Å². The quantitative estimate of drug-likeness (QED) is 0.828. The van der Waals surface area contributed by atoms with E-state index in [0.29, 0.717) is 10.7 Å². The van der Waals surface area contributed by atoms with E-state index in [2.05, 4.69) is 15.0 Å². The number of aromatic nitrogens is 3. The van der Waals surface area contributed by atoms with Crippen molar-refractivity contribution in [3.63, 3.8) is 0 Å². The van der Waals surface area contributed by atoms with Crippen LogP contribution in [0.3, 0.4) is 0 Å². The number of halogens is 1. The molecule has 0 unspecified atom stereocenters. The summed E-state index contributed by atoms with van der Waals surface area (Å²) in [6.07, 6.45) is 1.82. The molecule has 0 aliphatic carbocycles. The van der Waals surface area contributed by atoms with Gasteiger partial charge in [-0.1, -0.05) is 17.8 Å². The Morgan fingerprint density at radius 2 is 2.00 bits per heavy atom. The molecule has 0 fully saturated rings. The van der Waals surface area contributed by atoms with Gasteiger partial charge in [0.2, 0.25) is 5.95 Å². The summed E-state index contributed by atoms with van der Waals surface area (Å²) in [6.45, 7) is 1.82. The van der Waals surface area contributed by atoms with Crippen molar-refractivity contribution in [1.29, 1.82) is 0 Å². The van der Waals surface area contributed by atoms with E-state index >= 15 is 0 Å². The molecule has 17 heavy (non-hydrogen) atoms. The van der Waals surface area contributed by atoms with Crippen molar-refractivity contribution >= 4 is 17.7 Å². The average Bonchev–Trinajstić information content (AvgIpc) is 2.28. The Morgan fingerprint density at radius 1 is 1.24 bits per heavy atom. The van der Waals surface area contributed by atoms with Crippen LogP contribution in [0.2, 0.25) is 0 Å². The average molecular weight is 250 g/mol. The maximum Gasteiger partial charge on any atom is 0.224 e. The molecular formula is C11H11FN4S. The maximum absolute atomic E-state index is 13.8. The van der Waals surface area contributed by atoms with Gasteiger partial charge < -0.3 is 5.73 Å². The van der Waals surface area contributed by atoms with Crippen molar-refractivity contribution in [2.24, 2.45) is 0 Å². The lowest BCUT2D eigenvalue weighted by Gasteiger charge is -2.05. The zero-order valence-corrected chi connectivity index (χ0v) is 10.3. The number of anilines is 1. The van der Waals surface area contributed by atoms with Gasteiger partial charge in [0.25, 0.3) is 0 Å². The van der Waals surface area contributed by atoms with Crippen molar-refractivity contribution in [3.8, 4) is 11.4 Å². The fraction of sp³-hybridized carbons (Fsp3) is 0.182. The first-order valence-electron chi connectivity index (χ1n) is 4.92. The van der Waals surface area contributed by atoms with E-state index in [1.165, 1.54) is 17.8 Å². The third-order valence-corrected chi connectivity index (χ3v) is 2.73. The van der Waals surface area contributed by atoms with E-state index in [9.17, 15) is 4.39 Å². The van der Waals surface area contributed by atoms with Crippen molar-refractivity contribution in [3.05, 3.63) is 29.6 Å². The second-order valence-electron chi connectivity index (χ2n) is 3.49. The molecule has 1 aromatic carbocycles. The Hall–Kier alpha value is -1.69. The van der Waals surface area contributed by atoms with E-state index in [1.807, 2.05) is 13.2 Å². The molecule has 1 heterocycles. The van der Waals surface area contributed by atoms with Gasteiger partial charge in [-0.25, -0.2) is 9.37 Å². The van der Waals surface area contributed by atoms with Crippen LogP contribution in [0, 0.1) is 12.7 Å². The van der Waals surface area contributed by atoms with Crippen LogP contribution in [0.5, 0.6) is 0 Å². The highest BCUT2D eigenvalue weighted by Crippen LogP contribution is 2.22. The third kappa shape index (κ3) is 2.52. The van der Waals surface area contributed by atoms with Gasteiger partial charge in [0.05, 0.1) is 5.56 Å². The largest absolute Gasteiger partial charge is 0.368 e. The Kier molecular flexibility index (Phi) is 3.23. The van der Waals surface area contributed by atoms with Crippen molar-refractivity contribution in [2.45, 2.75) is 12.1 Å². The zero-order valence-electron chi connectivity index (χ0n) is 9.44. The number of nitrogens with zero attached hydrogens (tertiary/aromatic N) is 3. The molecule has 2 rings (SSSR count). The topological polar surface area (TPSA) is 64.7 Å². The van der Waals surface area contributed by atoms with Gasteiger partial charge in [-0.05, 0) is 30.9 Å². The molecule has 4 nitrogen and oxygen atoms in total. The molecule has 6 heteroatoms. The smallest absolute Gasteiger partial charge is 0.224 e. The van der Waals surface area contributed by atoms with Gasteiger partial charge in [0.15, 0.2) is 11.0 Å². The molecule has 0 radical (unpaired) electrons. The lowest BCUT2D eigenvalue weighted by molar-refractivity contribution is 0.628. The molecule has 0 saturated carbocycles. The first kappa shape index (κ1) is 11.8.